The van der Waals surface area contributed by atoms with E-state index in [0.29, 0.717) is 62.7 Å². The number of nitrogens with one attached hydrogen (secondary N) is 2. The van der Waals surface area contributed by atoms with Gasteiger partial charge in [0.2, 0.25) is 5.95 Å². The number of rotatable bonds is 19. The first-order chi connectivity index (χ1) is 37.4. The number of anilines is 3. The van der Waals surface area contributed by atoms with Crippen LogP contribution in [-0.2, 0) is 24.6 Å². The van der Waals surface area contributed by atoms with Crippen molar-refractivity contribution in [1.29, 1.82) is 0 Å². The number of alkyl halides is 3. The molecule has 15 nitrogen and oxygen atoms in total. The standard InChI is InChI=1S/C56H67ClF3N9O6S3/c1-55(41-67-28-32-69(33-29-67)54-61-22-5-23-62-54)21-19-50(42-9-13-45(57)14-10-42)44(38-55)39-66-26-30-68(31-27-66)47-15-11-43(12-16-47)53(70)64-78(73,74)49-17-18-51(52(37-49)77(71,72)56(58,59)60)63-46(40-76-48-7-3-2-4-8-48)20-25-65-24-6-35-75-36-34-65/h2-5,7-18,22-23,37,46,63H,6,19-21,24-36,38-41H2,1H3,(H,64,70)/t46-,55-/m1/s1. The highest BCUT2D eigenvalue weighted by Gasteiger charge is 2.48. The van der Waals surface area contributed by atoms with Gasteiger partial charge in [-0.1, -0.05) is 54.4 Å². The van der Waals surface area contributed by atoms with E-state index < -0.39 is 52.8 Å². The third-order valence-electron chi connectivity index (χ3n) is 15.1. The van der Waals surface area contributed by atoms with Crippen molar-refractivity contribution in [3.63, 3.8) is 0 Å². The van der Waals surface area contributed by atoms with Crippen LogP contribution in [0.4, 0.5) is 30.5 Å². The molecular weight excluding hydrogens is 1080 g/mol. The first-order valence-corrected chi connectivity index (χ1v) is 30.8. The SMILES string of the molecule is C[C@@]1(CN2CCN(c3ncccn3)CC2)CCC(c2ccc(Cl)cc2)=C(CN2CCN(c3ccc(C(=O)NS(=O)(=O)c4ccc(N[C@H](CCN5CCCOCC5)CSc5ccccc5)c(S(=O)(=O)C(F)(F)F)c4)cc3)CC2)C1. The molecule has 4 aliphatic rings. The number of carbonyl (C=O) groups excluding carboxylic acids is 1. The average molecular weight is 1150 g/mol. The zero-order valence-corrected chi connectivity index (χ0v) is 46.9. The fraction of sp³-hybridized carbons (Fsp3) is 0.446. The Bertz CT molecular complexity index is 3070. The molecule has 3 saturated heterocycles. The minimum Gasteiger partial charge on any atom is -0.380 e. The summed E-state index contributed by atoms with van der Waals surface area (Å²) in [5.41, 5.74) is -1.19. The van der Waals surface area contributed by atoms with Crippen LogP contribution in [0.25, 0.3) is 5.57 Å². The molecule has 0 saturated carbocycles. The summed E-state index contributed by atoms with van der Waals surface area (Å²) in [6.45, 7) is 14.1. The molecule has 418 valence electrons. The Morgan fingerprint density at radius 1 is 0.795 bits per heavy atom. The summed E-state index contributed by atoms with van der Waals surface area (Å²) in [5, 5.41) is 3.73. The van der Waals surface area contributed by atoms with Gasteiger partial charge in [-0.2, -0.15) is 13.2 Å². The molecule has 0 spiro atoms. The van der Waals surface area contributed by atoms with Crippen molar-refractivity contribution in [2.24, 2.45) is 5.41 Å². The molecule has 3 fully saturated rings. The number of thioether (sulfide) groups is 1. The summed E-state index contributed by atoms with van der Waals surface area (Å²) in [5.74, 6) is 0.113. The average Bonchev–Trinajstić information content (AvgIpc) is 3.84. The van der Waals surface area contributed by atoms with Crippen LogP contribution in [0, 0.1) is 5.41 Å². The van der Waals surface area contributed by atoms with E-state index in [1.807, 2.05) is 53.3 Å². The number of piperazine rings is 2. The van der Waals surface area contributed by atoms with Crippen molar-refractivity contribution in [1.82, 2.24) is 29.4 Å². The predicted molar refractivity (Wildman–Crippen MR) is 302 cm³/mol. The van der Waals surface area contributed by atoms with Gasteiger partial charge in [-0.15, -0.1) is 11.8 Å². The van der Waals surface area contributed by atoms with Crippen molar-refractivity contribution in [3.8, 4) is 0 Å². The van der Waals surface area contributed by atoms with Gasteiger partial charge in [0.15, 0.2) is 0 Å². The number of sulfonamides is 1. The molecule has 2 N–H and O–H groups in total. The Hall–Kier alpha value is -5.26. The maximum Gasteiger partial charge on any atom is 0.501 e. The quantitative estimate of drug-likeness (QED) is 0.0755. The van der Waals surface area contributed by atoms with Crippen molar-refractivity contribution < 1.29 is 39.5 Å². The van der Waals surface area contributed by atoms with Gasteiger partial charge < -0.3 is 24.8 Å². The molecule has 9 rings (SSSR count). The molecular formula is C56H67ClF3N9O6S3. The molecule has 22 heteroatoms. The van der Waals surface area contributed by atoms with Crippen LogP contribution in [-0.4, -0.2) is 163 Å². The molecule has 4 heterocycles. The lowest BCUT2D eigenvalue weighted by molar-refractivity contribution is -0.0435. The zero-order valence-electron chi connectivity index (χ0n) is 43.7. The number of nitrogens with zero attached hydrogens (tertiary/aromatic N) is 7. The lowest BCUT2D eigenvalue weighted by Crippen LogP contribution is -2.50. The second-order valence-electron chi connectivity index (χ2n) is 20.8. The van der Waals surface area contributed by atoms with Crippen LogP contribution in [0.15, 0.2) is 136 Å². The Labute approximate surface area is 465 Å². The second kappa shape index (κ2) is 25.5. The van der Waals surface area contributed by atoms with Gasteiger partial charge in [0, 0.05) is 137 Å². The van der Waals surface area contributed by atoms with Gasteiger partial charge >= 0.3 is 5.51 Å². The Morgan fingerprint density at radius 2 is 1.49 bits per heavy atom. The molecule has 3 aliphatic heterocycles. The smallest absolute Gasteiger partial charge is 0.380 e. The number of sulfone groups is 1. The summed E-state index contributed by atoms with van der Waals surface area (Å²) >= 11 is 7.78. The van der Waals surface area contributed by atoms with Crippen LogP contribution in [0.1, 0.15) is 54.9 Å². The van der Waals surface area contributed by atoms with Crippen molar-refractivity contribution >= 4 is 72.0 Å². The number of halogens is 4. The first-order valence-electron chi connectivity index (χ1n) is 26.5. The minimum atomic E-state index is -6.08. The summed E-state index contributed by atoms with van der Waals surface area (Å²) in [6.07, 6.45) is 7.87. The normalized spacial score (nSPS) is 20.1. The molecule has 1 amide bonds. The van der Waals surface area contributed by atoms with E-state index in [4.69, 9.17) is 16.3 Å². The highest BCUT2D eigenvalue weighted by molar-refractivity contribution is 7.99. The Kier molecular flexibility index (Phi) is 18.7. The molecule has 1 aromatic heterocycles. The highest BCUT2D eigenvalue weighted by Crippen LogP contribution is 2.44. The van der Waals surface area contributed by atoms with E-state index in [2.05, 4.69) is 58.8 Å². The number of amides is 1. The molecule has 0 bridgehead atoms. The van der Waals surface area contributed by atoms with E-state index in [1.165, 1.54) is 40.6 Å². The van der Waals surface area contributed by atoms with Crippen LogP contribution in [0.5, 0.6) is 0 Å². The van der Waals surface area contributed by atoms with Gasteiger partial charge in [-0.3, -0.25) is 14.6 Å². The van der Waals surface area contributed by atoms with Gasteiger partial charge in [0.1, 0.15) is 4.90 Å². The van der Waals surface area contributed by atoms with Crippen LogP contribution in [0.3, 0.4) is 0 Å². The largest absolute Gasteiger partial charge is 0.501 e. The fourth-order valence-electron chi connectivity index (χ4n) is 10.8. The van der Waals surface area contributed by atoms with Gasteiger partial charge in [0.05, 0.1) is 17.2 Å². The van der Waals surface area contributed by atoms with E-state index in [1.54, 1.807) is 24.5 Å². The number of benzene rings is 4. The Morgan fingerprint density at radius 3 is 2.19 bits per heavy atom. The van der Waals surface area contributed by atoms with E-state index in [-0.39, 0.29) is 11.0 Å². The summed E-state index contributed by atoms with van der Waals surface area (Å²) in [4.78, 5) is 33.0. The number of ether oxygens (including phenoxy) is 1. The second-order valence-corrected chi connectivity index (χ2v) is 25.9. The minimum absolute atomic E-state index is 0.00813. The molecule has 78 heavy (non-hydrogen) atoms. The number of carbonyl (C=O) groups is 1. The maximum atomic E-state index is 14.3. The molecule has 5 aromatic rings. The molecule has 1 aliphatic carbocycles. The summed E-state index contributed by atoms with van der Waals surface area (Å²) in [7, 11) is -10.9. The number of hydrogen-bond acceptors (Lipinski definition) is 15. The van der Waals surface area contributed by atoms with E-state index in [9.17, 15) is 34.8 Å². The zero-order chi connectivity index (χ0) is 54.9. The van der Waals surface area contributed by atoms with Crippen molar-refractivity contribution in [2.45, 2.75) is 65.3 Å². The monoisotopic (exact) mass is 1150 g/mol. The van der Waals surface area contributed by atoms with Gasteiger partial charge in [-0.05, 0) is 121 Å². The number of hydrogen-bond donors (Lipinski definition) is 2. The van der Waals surface area contributed by atoms with E-state index in [0.717, 1.165) is 113 Å². The van der Waals surface area contributed by atoms with Gasteiger partial charge in [-0.25, -0.2) is 31.5 Å². The first kappa shape index (κ1) is 57.4. The Balaban J connectivity index is 0.834. The maximum absolute atomic E-state index is 14.3. The molecule has 0 unspecified atom stereocenters. The van der Waals surface area contributed by atoms with Crippen molar-refractivity contribution in [2.75, 3.05) is 119 Å². The molecule has 2 atom stereocenters. The summed E-state index contributed by atoms with van der Waals surface area (Å²) < 4.78 is 104. The highest BCUT2D eigenvalue weighted by atomic mass is 35.5. The summed E-state index contributed by atoms with van der Waals surface area (Å²) in [6, 6.07) is 27.8. The molecule has 0 radical (unpaired) electrons. The topological polar surface area (TPSA) is 161 Å². The molecule has 4 aromatic carbocycles. The third-order valence-corrected chi connectivity index (χ3v) is 19.4. The van der Waals surface area contributed by atoms with Gasteiger partial charge in [0.25, 0.3) is 25.8 Å². The van der Waals surface area contributed by atoms with E-state index >= 15 is 0 Å². The van der Waals surface area contributed by atoms with Crippen LogP contribution in [0.2, 0.25) is 5.02 Å². The lowest BCUT2D eigenvalue weighted by Gasteiger charge is -2.44. The number of aromatic nitrogens is 2. The third kappa shape index (κ3) is 14.7. The van der Waals surface area contributed by atoms with Crippen LogP contribution < -0.4 is 19.8 Å². The van der Waals surface area contributed by atoms with Crippen molar-refractivity contribution in [3.05, 3.63) is 137 Å². The lowest BCUT2D eigenvalue weighted by atomic mass is 9.71. The number of allylic oxidation sites excluding steroid dienone is 1. The fourth-order valence-corrected chi connectivity index (χ4v) is 14.0. The van der Waals surface area contributed by atoms with Crippen LogP contribution >= 0.6 is 23.4 Å². The predicted octanol–water partition coefficient (Wildman–Crippen LogP) is 8.82.